The number of hydrogen-bond acceptors (Lipinski definition) is 6. The molecule has 1 heterocycles. The Labute approximate surface area is 203 Å². The predicted octanol–water partition coefficient (Wildman–Crippen LogP) is 5.73. The van der Waals surface area contributed by atoms with Gasteiger partial charge in [0.2, 0.25) is 5.95 Å². The number of para-hydroxylation sites is 1. The fourth-order valence-corrected chi connectivity index (χ4v) is 4.12. The van der Waals surface area contributed by atoms with Gasteiger partial charge in [-0.05, 0) is 50.2 Å². The Morgan fingerprint density at radius 2 is 1.81 bits per heavy atom. The summed E-state index contributed by atoms with van der Waals surface area (Å²) in [7, 11) is 5.94. The van der Waals surface area contributed by atoms with Gasteiger partial charge in [0.1, 0.15) is 5.82 Å². The van der Waals surface area contributed by atoms with E-state index in [1.165, 1.54) is 32.1 Å². The van der Waals surface area contributed by atoms with Crippen LogP contribution in [0, 0.1) is 0 Å². The number of benzene rings is 2. The van der Waals surface area contributed by atoms with Crippen LogP contribution in [0.2, 0.25) is 5.02 Å². The first kappa shape index (κ1) is 26.0. The molecule has 1 saturated carbocycles. The lowest BCUT2D eigenvalue weighted by Gasteiger charge is -2.20. The summed E-state index contributed by atoms with van der Waals surface area (Å²) < 4.78 is 0.878. The number of nitrogens with one attached hydrogen (secondary N) is 1. The normalized spacial score (nSPS) is 13.4. The van der Waals surface area contributed by atoms with Gasteiger partial charge in [-0.3, -0.25) is 4.79 Å². The summed E-state index contributed by atoms with van der Waals surface area (Å²) in [5.74, 6) is 1.17. The molecule has 1 fully saturated rings. The summed E-state index contributed by atoms with van der Waals surface area (Å²) in [6.45, 7) is 0. The molecule has 0 radical (unpaired) electrons. The second-order valence-electron chi connectivity index (χ2n) is 7.72. The number of carbonyl (C=O) groups is 1. The molecule has 0 spiro atoms. The Morgan fingerprint density at radius 1 is 1.12 bits per heavy atom. The molecule has 0 unspecified atom stereocenters. The lowest BCUT2D eigenvalue weighted by molar-refractivity contribution is 0.112. The number of nitrogen functional groups attached to an aromatic ring is 1. The molecule has 172 valence electrons. The fourth-order valence-electron chi connectivity index (χ4n) is 3.41. The van der Waals surface area contributed by atoms with Crippen LogP contribution in [0.4, 0.5) is 11.8 Å². The molecule has 0 bridgehead atoms. The van der Waals surface area contributed by atoms with E-state index in [1.54, 1.807) is 18.2 Å². The number of anilines is 2. The first-order chi connectivity index (χ1) is 15.3. The summed E-state index contributed by atoms with van der Waals surface area (Å²) in [5.41, 5.74) is 7.01. The zero-order valence-corrected chi connectivity index (χ0v) is 21.2. The fraction of sp³-hybridized carbons (Fsp3) is 0.375. The van der Waals surface area contributed by atoms with Crippen LogP contribution in [0.5, 0.6) is 0 Å². The maximum Gasteiger partial charge on any atom is 0.222 e. The van der Waals surface area contributed by atoms with E-state index in [0.29, 0.717) is 16.5 Å². The highest BCUT2D eigenvalue weighted by Gasteiger charge is 2.09. The van der Waals surface area contributed by atoms with Crippen LogP contribution in [0.3, 0.4) is 0 Å². The molecule has 1 aliphatic rings. The molecule has 1 aliphatic carbocycles. The summed E-state index contributed by atoms with van der Waals surface area (Å²) >= 11 is 8.89. The average Bonchev–Trinajstić information content (AvgIpc) is 2.80. The maximum absolute atomic E-state index is 10.2. The van der Waals surface area contributed by atoms with Crippen molar-refractivity contribution < 1.29 is 4.79 Å². The molecule has 3 aromatic rings. The number of aromatic nitrogens is 2. The van der Waals surface area contributed by atoms with Crippen molar-refractivity contribution in [1.29, 1.82) is 0 Å². The van der Waals surface area contributed by atoms with Gasteiger partial charge in [0.25, 0.3) is 0 Å². The van der Waals surface area contributed by atoms with E-state index in [-0.39, 0.29) is 0 Å². The first-order valence-electron chi connectivity index (χ1n) is 10.6. The van der Waals surface area contributed by atoms with Crippen molar-refractivity contribution in [3.05, 3.63) is 57.5 Å². The quantitative estimate of drug-likeness (QED) is 0.429. The summed E-state index contributed by atoms with van der Waals surface area (Å²) in [4.78, 5) is 20.5. The molecular formula is C24H31BrClN5O. The van der Waals surface area contributed by atoms with Gasteiger partial charge in [0, 0.05) is 35.6 Å². The van der Waals surface area contributed by atoms with E-state index in [4.69, 9.17) is 17.3 Å². The van der Waals surface area contributed by atoms with Crippen LogP contribution in [0.25, 0.3) is 10.9 Å². The monoisotopic (exact) mass is 519 g/mol. The minimum atomic E-state index is 0.312. The van der Waals surface area contributed by atoms with Crippen LogP contribution in [0.1, 0.15) is 42.5 Å². The molecule has 6 nitrogen and oxygen atoms in total. The zero-order chi connectivity index (χ0) is 23.5. The van der Waals surface area contributed by atoms with Crippen molar-refractivity contribution in [3.8, 4) is 0 Å². The van der Waals surface area contributed by atoms with Crippen molar-refractivity contribution in [3.63, 3.8) is 0 Å². The highest BCUT2D eigenvalue weighted by atomic mass is 79.9. The van der Waals surface area contributed by atoms with Gasteiger partial charge in [0.15, 0.2) is 6.29 Å². The van der Waals surface area contributed by atoms with E-state index in [0.717, 1.165) is 33.5 Å². The topological polar surface area (TPSA) is 84.1 Å². The van der Waals surface area contributed by atoms with Crippen molar-refractivity contribution in [1.82, 2.24) is 15.3 Å². The minimum Gasteiger partial charge on any atom is -0.368 e. The minimum absolute atomic E-state index is 0.312. The molecule has 2 aromatic carbocycles. The molecule has 0 atom stereocenters. The number of rotatable bonds is 3. The summed E-state index contributed by atoms with van der Waals surface area (Å²) in [6, 6.07) is 13.8. The van der Waals surface area contributed by atoms with Crippen LogP contribution >= 0.6 is 27.5 Å². The number of carbonyl (C=O) groups excluding carboxylic acids is 1. The first-order valence-corrected chi connectivity index (χ1v) is 11.8. The number of nitrogens with two attached hydrogens (primary N) is 1. The number of aldehydes is 1. The lowest BCUT2D eigenvalue weighted by Crippen LogP contribution is -2.26. The second kappa shape index (κ2) is 13.4. The molecule has 0 saturated heterocycles. The highest BCUT2D eigenvalue weighted by molar-refractivity contribution is 9.10. The highest BCUT2D eigenvalue weighted by Crippen LogP contribution is 2.22. The van der Waals surface area contributed by atoms with Gasteiger partial charge in [-0.1, -0.05) is 58.9 Å². The van der Waals surface area contributed by atoms with Crippen molar-refractivity contribution in [2.45, 2.75) is 38.1 Å². The smallest absolute Gasteiger partial charge is 0.222 e. The number of halogens is 2. The van der Waals surface area contributed by atoms with E-state index in [9.17, 15) is 4.79 Å². The predicted molar refractivity (Wildman–Crippen MR) is 139 cm³/mol. The van der Waals surface area contributed by atoms with Crippen LogP contribution < -0.4 is 16.0 Å². The number of fused-ring (bicyclic) bond motifs is 1. The zero-order valence-electron chi connectivity index (χ0n) is 18.8. The molecule has 8 heteroatoms. The molecular weight excluding hydrogens is 490 g/mol. The molecule has 0 amide bonds. The SMILES string of the molecule is CN(C)c1nc(N)nc2ccccc12.CNC1CCCCC1.O=Cc1ccc(Br)cc1Cl. The maximum atomic E-state index is 10.2. The third-order valence-corrected chi connectivity index (χ3v) is 5.95. The summed E-state index contributed by atoms with van der Waals surface area (Å²) in [6.07, 6.45) is 7.86. The number of nitrogens with zero attached hydrogens (tertiary/aromatic N) is 3. The van der Waals surface area contributed by atoms with Crippen LogP contribution in [-0.2, 0) is 0 Å². The Hall–Kier alpha value is -2.22. The van der Waals surface area contributed by atoms with E-state index < -0.39 is 0 Å². The average molecular weight is 521 g/mol. The molecule has 1 aromatic heterocycles. The van der Waals surface area contributed by atoms with Crippen molar-refractivity contribution in [2.24, 2.45) is 0 Å². The van der Waals surface area contributed by atoms with Crippen LogP contribution in [0.15, 0.2) is 46.9 Å². The third kappa shape index (κ3) is 8.04. The van der Waals surface area contributed by atoms with E-state index in [1.807, 2.05) is 43.3 Å². The Morgan fingerprint density at radius 3 is 2.38 bits per heavy atom. The Kier molecular flexibility index (Phi) is 10.9. The molecule has 3 N–H and O–H groups in total. The lowest BCUT2D eigenvalue weighted by atomic mass is 9.96. The van der Waals surface area contributed by atoms with Gasteiger partial charge >= 0.3 is 0 Å². The standard InChI is InChI=1S/C10H12N4.C7H4BrClO.C7H15N/c1-14(2)9-7-5-3-4-6-8(7)12-10(11)13-9;8-6-2-1-5(4-10)7(9)3-6;1-8-7-5-3-2-4-6-7/h3-6H,1-2H3,(H2,11,12,13);1-4H;7-8H,2-6H2,1H3. The van der Waals surface area contributed by atoms with Gasteiger partial charge in [-0.2, -0.15) is 4.98 Å². The van der Waals surface area contributed by atoms with E-state index in [2.05, 4.69) is 38.3 Å². The number of hydrogen-bond donors (Lipinski definition) is 2. The Balaban J connectivity index is 0.000000178. The van der Waals surface area contributed by atoms with Crippen molar-refractivity contribution >= 4 is 56.5 Å². The second-order valence-corrected chi connectivity index (χ2v) is 9.05. The molecule has 4 rings (SSSR count). The van der Waals surface area contributed by atoms with Gasteiger partial charge in [0.05, 0.1) is 10.5 Å². The van der Waals surface area contributed by atoms with Gasteiger partial charge in [-0.25, -0.2) is 4.98 Å². The van der Waals surface area contributed by atoms with Gasteiger partial charge in [-0.15, -0.1) is 0 Å². The molecule has 32 heavy (non-hydrogen) atoms. The van der Waals surface area contributed by atoms with Crippen molar-refractivity contribution in [2.75, 3.05) is 31.8 Å². The van der Waals surface area contributed by atoms with Crippen LogP contribution in [-0.4, -0.2) is 43.4 Å². The largest absolute Gasteiger partial charge is 0.368 e. The third-order valence-electron chi connectivity index (χ3n) is 5.13. The summed E-state index contributed by atoms with van der Waals surface area (Å²) in [5, 5.41) is 4.80. The van der Waals surface area contributed by atoms with E-state index >= 15 is 0 Å². The molecule has 0 aliphatic heterocycles. The van der Waals surface area contributed by atoms with Gasteiger partial charge < -0.3 is 16.0 Å². The Bertz CT molecular complexity index is 1010.